The van der Waals surface area contributed by atoms with Crippen LogP contribution < -0.4 is 19.5 Å². The molecule has 0 atom stereocenters. The first-order valence-corrected chi connectivity index (χ1v) is 7.77. The fourth-order valence-electron chi connectivity index (χ4n) is 3.00. The zero-order valence-corrected chi connectivity index (χ0v) is 13.6. The van der Waals surface area contributed by atoms with Crippen molar-refractivity contribution in [3.05, 3.63) is 17.7 Å². The molecule has 5 nitrogen and oxygen atoms in total. The average molecular weight is 307 g/mol. The maximum absolute atomic E-state index is 12.3. The summed E-state index contributed by atoms with van der Waals surface area (Å²) >= 11 is 0. The van der Waals surface area contributed by atoms with Crippen LogP contribution in [-0.4, -0.2) is 33.8 Å². The van der Waals surface area contributed by atoms with Crippen LogP contribution in [0.1, 0.15) is 42.5 Å². The number of amides is 1. The highest BCUT2D eigenvalue weighted by Crippen LogP contribution is 2.38. The second-order valence-corrected chi connectivity index (χ2v) is 5.61. The molecular formula is C17H25NO4. The van der Waals surface area contributed by atoms with Crippen molar-refractivity contribution < 1.29 is 19.0 Å². The van der Waals surface area contributed by atoms with E-state index in [1.165, 1.54) is 25.7 Å². The van der Waals surface area contributed by atoms with Gasteiger partial charge in [-0.2, -0.15) is 0 Å². The van der Waals surface area contributed by atoms with Gasteiger partial charge in [0.05, 0.1) is 21.3 Å². The molecule has 0 bridgehead atoms. The summed E-state index contributed by atoms with van der Waals surface area (Å²) in [5.41, 5.74) is 0.515. The van der Waals surface area contributed by atoms with Gasteiger partial charge in [-0.15, -0.1) is 0 Å². The number of carbonyl (C=O) groups excluding carboxylic acids is 1. The lowest BCUT2D eigenvalue weighted by atomic mass is 10.0. The van der Waals surface area contributed by atoms with E-state index in [2.05, 4.69) is 5.32 Å². The molecule has 5 heteroatoms. The van der Waals surface area contributed by atoms with E-state index in [1.54, 1.807) is 33.5 Å². The van der Waals surface area contributed by atoms with Gasteiger partial charge in [0.2, 0.25) is 5.75 Å². The molecule has 0 aromatic heterocycles. The van der Waals surface area contributed by atoms with Gasteiger partial charge in [-0.3, -0.25) is 4.79 Å². The summed E-state index contributed by atoms with van der Waals surface area (Å²) in [6.45, 7) is 0.708. The molecule has 0 radical (unpaired) electrons. The standard InChI is InChI=1S/C17H25NO4/c1-20-14-10-13(11-15(21-2)16(14)22-3)17(19)18-9-8-12-6-4-5-7-12/h10-12H,4-9H2,1-3H3,(H,18,19). The van der Waals surface area contributed by atoms with Crippen molar-refractivity contribution in [1.29, 1.82) is 0 Å². The Morgan fingerprint density at radius 1 is 1.09 bits per heavy atom. The molecule has 1 aromatic rings. The van der Waals surface area contributed by atoms with Crippen molar-refractivity contribution >= 4 is 5.91 Å². The van der Waals surface area contributed by atoms with Crippen LogP contribution in [0, 0.1) is 5.92 Å². The van der Waals surface area contributed by atoms with Crippen LogP contribution in [-0.2, 0) is 0 Å². The van der Waals surface area contributed by atoms with Crippen LogP contribution in [0.3, 0.4) is 0 Å². The van der Waals surface area contributed by atoms with Crippen molar-refractivity contribution in [3.8, 4) is 17.2 Å². The Balaban J connectivity index is 2.01. The summed E-state index contributed by atoms with van der Waals surface area (Å²) in [7, 11) is 4.62. The van der Waals surface area contributed by atoms with E-state index < -0.39 is 0 Å². The third kappa shape index (κ3) is 3.84. The summed E-state index contributed by atoms with van der Waals surface area (Å²) < 4.78 is 15.8. The van der Waals surface area contributed by atoms with Gasteiger partial charge in [0, 0.05) is 12.1 Å². The highest BCUT2D eigenvalue weighted by atomic mass is 16.5. The molecule has 1 N–H and O–H groups in total. The molecule has 1 saturated carbocycles. The average Bonchev–Trinajstić information content (AvgIpc) is 3.06. The van der Waals surface area contributed by atoms with Crippen molar-refractivity contribution in [3.63, 3.8) is 0 Å². The Kier molecular flexibility index (Phi) is 5.92. The first kappa shape index (κ1) is 16.5. The van der Waals surface area contributed by atoms with Crippen LogP contribution in [0.25, 0.3) is 0 Å². The fourth-order valence-corrected chi connectivity index (χ4v) is 3.00. The number of ether oxygens (including phenoxy) is 3. The van der Waals surface area contributed by atoms with Crippen molar-refractivity contribution in [2.24, 2.45) is 5.92 Å². The fraction of sp³-hybridized carbons (Fsp3) is 0.588. The molecule has 1 aliphatic rings. The van der Waals surface area contributed by atoms with Crippen LogP contribution in [0.5, 0.6) is 17.2 Å². The molecule has 22 heavy (non-hydrogen) atoms. The summed E-state index contributed by atoms with van der Waals surface area (Å²) in [6.07, 6.45) is 6.28. The van der Waals surface area contributed by atoms with Crippen molar-refractivity contribution in [2.45, 2.75) is 32.1 Å². The van der Waals surface area contributed by atoms with Crippen LogP contribution in [0.15, 0.2) is 12.1 Å². The number of methoxy groups -OCH3 is 3. The summed E-state index contributed by atoms with van der Waals surface area (Å²) in [6, 6.07) is 3.35. The zero-order valence-electron chi connectivity index (χ0n) is 13.6. The molecule has 1 amide bonds. The minimum absolute atomic E-state index is 0.114. The minimum atomic E-state index is -0.114. The molecule has 0 aliphatic heterocycles. The number of hydrogen-bond donors (Lipinski definition) is 1. The van der Waals surface area contributed by atoms with Gasteiger partial charge in [-0.25, -0.2) is 0 Å². The molecule has 1 aromatic carbocycles. The predicted octanol–water partition coefficient (Wildman–Crippen LogP) is 3.02. The molecule has 0 unspecified atom stereocenters. The Morgan fingerprint density at radius 2 is 1.68 bits per heavy atom. The molecule has 0 spiro atoms. The maximum Gasteiger partial charge on any atom is 0.251 e. The number of rotatable bonds is 7. The van der Waals surface area contributed by atoms with Gasteiger partial charge >= 0.3 is 0 Å². The van der Waals surface area contributed by atoms with Crippen molar-refractivity contribution in [2.75, 3.05) is 27.9 Å². The molecule has 2 rings (SSSR count). The number of hydrogen-bond acceptors (Lipinski definition) is 4. The van der Waals surface area contributed by atoms with E-state index in [1.807, 2.05) is 0 Å². The Hall–Kier alpha value is -1.91. The van der Waals surface area contributed by atoms with E-state index in [0.717, 1.165) is 12.3 Å². The highest BCUT2D eigenvalue weighted by Gasteiger charge is 2.18. The quantitative estimate of drug-likeness (QED) is 0.841. The molecule has 0 heterocycles. The van der Waals surface area contributed by atoms with E-state index in [0.29, 0.717) is 29.4 Å². The zero-order chi connectivity index (χ0) is 15.9. The number of carbonyl (C=O) groups is 1. The first-order valence-electron chi connectivity index (χ1n) is 7.77. The maximum atomic E-state index is 12.3. The molecule has 0 saturated heterocycles. The van der Waals surface area contributed by atoms with Gasteiger partial charge in [0.15, 0.2) is 11.5 Å². The third-order valence-corrected chi connectivity index (χ3v) is 4.24. The van der Waals surface area contributed by atoms with Gasteiger partial charge in [0.1, 0.15) is 0 Å². The summed E-state index contributed by atoms with van der Waals surface area (Å²) in [5, 5.41) is 2.98. The third-order valence-electron chi connectivity index (χ3n) is 4.24. The number of benzene rings is 1. The van der Waals surface area contributed by atoms with E-state index in [4.69, 9.17) is 14.2 Å². The van der Waals surface area contributed by atoms with Gasteiger partial charge in [-0.05, 0) is 24.5 Å². The van der Waals surface area contributed by atoms with Crippen molar-refractivity contribution in [1.82, 2.24) is 5.32 Å². The van der Waals surface area contributed by atoms with Gasteiger partial charge in [-0.1, -0.05) is 25.7 Å². The molecular weight excluding hydrogens is 282 g/mol. The Labute approximate surface area is 131 Å². The SMILES string of the molecule is COc1cc(C(=O)NCCC2CCCC2)cc(OC)c1OC. The molecule has 1 fully saturated rings. The molecule has 122 valence electrons. The monoisotopic (exact) mass is 307 g/mol. The Morgan fingerprint density at radius 3 is 2.18 bits per heavy atom. The highest BCUT2D eigenvalue weighted by molar-refractivity contribution is 5.95. The largest absolute Gasteiger partial charge is 0.493 e. The lowest BCUT2D eigenvalue weighted by molar-refractivity contribution is 0.0950. The van der Waals surface area contributed by atoms with Gasteiger partial charge < -0.3 is 19.5 Å². The molecule has 1 aliphatic carbocycles. The number of nitrogens with one attached hydrogen (secondary N) is 1. The predicted molar refractivity (Wildman–Crippen MR) is 85.0 cm³/mol. The normalized spacial score (nSPS) is 14.7. The van der Waals surface area contributed by atoms with E-state index >= 15 is 0 Å². The Bertz CT molecular complexity index is 484. The lowest BCUT2D eigenvalue weighted by Gasteiger charge is -2.14. The second kappa shape index (κ2) is 7.92. The summed E-state index contributed by atoms with van der Waals surface area (Å²) in [5.74, 6) is 2.12. The van der Waals surface area contributed by atoms with E-state index in [-0.39, 0.29) is 5.91 Å². The first-order chi connectivity index (χ1) is 10.7. The van der Waals surface area contributed by atoms with Gasteiger partial charge in [0.25, 0.3) is 5.91 Å². The smallest absolute Gasteiger partial charge is 0.251 e. The second-order valence-electron chi connectivity index (χ2n) is 5.61. The van der Waals surface area contributed by atoms with Crippen LogP contribution >= 0.6 is 0 Å². The minimum Gasteiger partial charge on any atom is -0.493 e. The van der Waals surface area contributed by atoms with Crippen LogP contribution in [0.2, 0.25) is 0 Å². The lowest BCUT2D eigenvalue weighted by Crippen LogP contribution is -2.25. The summed E-state index contributed by atoms with van der Waals surface area (Å²) in [4.78, 5) is 12.3. The van der Waals surface area contributed by atoms with E-state index in [9.17, 15) is 4.79 Å². The van der Waals surface area contributed by atoms with Crippen LogP contribution in [0.4, 0.5) is 0 Å². The topological polar surface area (TPSA) is 56.8 Å².